The van der Waals surface area contributed by atoms with Gasteiger partial charge in [-0.1, -0.05) is 0 Å². The number of anilines is 1. The zero-order chi connectivity index (χ0) is 12.3. The Morgan fingerprint density at radius 3 is 2.88 bits per heavy atom. The van der Waals surface area contributed by atoms with Crippen molar-refractivity contribution in [2.75, 3.05) is 12.0 Å². The van der Waals surface area contributed by atoms with Gasteiger partial charge in [0.2, 0.25) is 0 Å². The van der Waals surface area contributed by atoms with Gasteiger partial charge in [-0.05, 0) is 37.6 Å². The number of nitrogen functional groups attached to an aromatic ring is 1. The second-order valence-corrected chi connectivity index (χ2v) is 4.45. The highest BCUT2D eigenvalue weighted by molar-refractivity contribution is 7.13. The van der Waals surface area contributed by atoms with E-state index in [9.17, 15) is 0 Å². The number of aryl methyl sites for hydroxylation is 1. The maximum Gasteiger partial charge on any atom is 0.151 e. The van der Waals surface area contributed by atoms with E-state index in [1.807, 2.05) is 31.4 Å². The number of benzene rings is 1. The van der Waals surface area contributed by atoms with Gasteiger partial charge < -0.3 is 10.2 Å². The van der Waals surface area contributed by atoms with Crippen molar-refractivity contribution >= 4 is 17.2 Å². The Kier molecular flexibility index (Phi) is 3.61. The molecule has 1 heterocycles. The summed E-state index contributed by atoms with van der Waals surface area (Å²) in [6.07, 6.45) is 0. The van der Waals surface area contributed by atoms with Gasteiger partial charge in [-0.15, -0.1) is 11.3 Å². The number of hydrogen-bond donors (Lipinski definition) is 2. The molecule has 0 aliphatic carbocycles. The van der Waals surface area contributed by atoms with E-state index in [4.69, 9.17) is 10.6 Å². The van der Waals surface area contributed by atoms with Gasteiger partial charge in [0.05, 0.1) is 6.61 Å². The molecule has 0 bridgehead atoms. The van der Waals surface area contributed by atoms with Crippen molar-refractivity contribution in [3.8, 4) is 16.3 Å². The topological polar surface area (TPSA) is 60.2 Å². The van der Waals surface area contributed by atoms with E-state index in [-0.39, 0.29) is 0 Å². The van der Waals surface area contributed by atoms with Gasteiger partial charge >= 0.3 is 0 Å². The van der Waals surface area contributed by atoms with Crippen LogP contribution < -0.4 is 16.0 Å². The van der Waals surface area contributed by atoms with Crippen molar-refractivity contribution in [2.45, 2.75) is 13.8 Å². The Morgan fingerprint density at radius 1 is 1.47 bits per heavy atom. The Bertz CT molecular complexity index is 510. The SMILES string of the molecule is CCOc1ccc(-c2nc(NN)cs2)cc1C. The molecule has 2 rings (SSSR count). The number of nitrogens with zero attached hydrogens (tertiary/aromatic N) is 1. The zero-order valence-electron chi connectivity index (χ0n) is 9.86. The third kappa shape index (κ3) is 2.57. The number of nitrogens with two attached hydrogens (primary N) is 1. The van der Waals surface area contributed by atoms with Crippen molar-refractivity contribution in [1.82, 2.24) is 4.98 Å². The molecule has 0 radical (unpaired) electrons. The summed E-state index contributed by atoms with van der Waals surface area (Å²) in [5.74, 6) is 6.92. The summed E-state index contributed by atoms with van der Waals surface area (Å²) < 4.78 is 5.50. The fraction of sp³-hybridized carbons (Fsp3) is 0.250. The lowest BCUT2D eigenvalue weighted by Crippen LogP contribution is -2.06. The number of hydrazine groups is 1. The second kappa shape index (κ2) is 5.16. The molecule has 0 saturated carbocycles. The highest BCUT2D eigenvalue weighted by atomic mass is 32.1. The van der Waals surface area contributed by atoms with Gasteiger partial charge in [0, 0.05) is 10.9 Å². The first-order chi connectivity index (χ1) is 8.24. The minimum atomic E-state index is 0.679. The standard InChI is InChI=1S/C12H15N3OS/c1-3-16-10-5-4-9(6-8(10)2)12-14-11(15-13)7-17-12/h4-7,15H,3,13H2,1-2H3. The maximum absolute atomic E-state index is 5.50. The van der Waals surface area contributed by atoms with E-state index < -0.39 is 0 Å². The summed E-state index contributed by atoms with van der Waals surface area (Å²) in [6.45, 7) is 4.69. The van der Waals surface area contributed by atoms with E-state index in [0.717, 1.165) is 21.9 Å². The predicted octanol–water partition coefficient (Wildman–Crippen LogP) is 2.80. The van der Waals surface area contributed by atoms with Crippen LogP contribution in [-0.4, -0.2) is 11.6 Å². The third-order valence-corrected chi connectivity index (χ3v) is 3.27. The monoisotopic (exact) mass is 249 g/mol. The third-order valence-electron chi connectivity index (χ3n) is 2.37. The molecule has 0 spiro atoms. The summed E-state index contributed by atoms with van der Waals surface area (Å²) in [6, 6.07) is 6.06. The van der Waals surface area contributed by atoms with E-state index in [2.05, 4.69) is 16.5 Å². The molecule has 3 N–H and O–H groups in total. The number of nitrogens with one attached hydrogen (secondary N) is 1. The van der Waals surface area contributed by atoms with Gasteiger partial charge in [-0.2, -0.15) is 0 Å². The molecule has 4 nitrogen and oxygen atoms in total. The highest BCUT2D eigenvalue weighted by Gasteiger charge is 2.06. The molecule has 90 valence electrons. The molecular formula is C12H15N3OS. The Morgan fingerprint density at radius 2 is 2.29 bits per heavy atom. The number of hydrogen-bond acceptors (Lipinski definition) is 5. The predicted molar refractivity (Wildman–Crippen MR) is 71.3 cm³/mol. The number of thiazole rings is 1. The van der Waals surface area contributed by atoms with E-state index in [1.54, 1.807) is 11.3 Å². The van der Waals surface area contributed by atoms with Crippen LogP contribution in [-0.2, 0) is 0 Å². The first kappa shape index (κ1) is 11.9. The quantitative estimate of drug-likeness (QED) is 0.646. The lowest BCUT2D eigenvalue weighted by atomic mass is 10.1. The first-order valence-corrected chi connectivity index (χ1v) is 6.28. The van der Waals surface area contributed by atoms with Crippen molar-refractivity contribution < 1.29 is 4.74 Å². The summed E-state index contributed by atoms with van der Waals surface area (Å²) in [5, 5.41) is 2.84. The fourth-order valence-electron chi connectivity index (χ4n) is 1.57. The van der Waals surface area contributed by atoms with Crippen LogP contribution in [0.1, 0.15) is 12.5 Å². The van der Waals surface area contributed by atoms with E-state index >= 15 is 0 Å². The summed E-state index contributed by atoms with van der Waals surface area (Å²) >= 11 is 1.56. The minimum absolute atomic E-state index is 0.679. The summed E-state index contributed by atoms with van der Waals surface area (Å²) in [5.41, 5.74) is 4.73. The van der Waals surface area contributed by atoms with Crippen molar-refractivity contribution in [1.29, 1.82) is 0 Å². The average Bonchev–Trinajstić information content (AvgIpc) is 2.80. The smallest absolute Gasteiger partial charge is 0.151 e. The van der Waals surface area contributed by atoms with Crippen LogP contribution in [0.5, 0.6) is 5.75 Å². The Hall–Kier alpha value is -1.59. The van der Waals surface area contributed by atoms with Crippen LogP contribution in [0.4, 0.5) is 5.82 Å². The molecule has 0 saturated heterocycles. The van der Waals surface area contributed by atoms with E-state index in [0.29, 0.717) is 12.4 Å². The van der Waals surface area contributed by atoms with Gasteiger partial charge in [0.1, 0.15) is 10.8 Å². The fourth-order valence-corrected chi connectivity index (χ4v) is 2.33. The molecule has 1 aromatic carbocycles. The van der Waals surface area contributed by atoms with Gasteiger partial charge in [0.15, 0.2) is 5.82 Å². The van der Waals surface area contributed by atoms with Crippen LogP contribution in [0.3, 0.4) is 0 Å². The zero-order valence-corrected chi connectivity index (χ0v) is 10.7. The highest BCUT2D eigenvalue weighted by Crippen LogP contribution is 2.29. The molecule has 17 heavy (non-hydrogen) atoms. The molecule has 0 amide bonds. The molecule has 2 aromatic rings. The average molecular weight is 249 g/mol. The normalized spacial score (nSPS) is 10.3. The number of aromatic nitrogens is 1. The number of ether oxygens (including phenoxy) is 1. The lowest BCUT2D eigenvalue weighted by molar-refractivity contribution is 0.338. The van der Waals surface area contributed by atoms with Gasteiger partial charge in [0.25, 0.3) is 0 Å². The molecule has 0 fully saturated rings. The molecular weight excluding hydrogens is 234 g/mol. The maximum atomic E-state index is 5.50. The Balaban J connectivity index is 2.30. The first-order valence-electron chi connectivity index (χ1n) is 5.40. The Labute approximate surface area is 104 Å². The van der Waals surface area contributed by atoms with Crippen molar-refractivity contribution in [3.05, 3.63) is 29.1 Å². The van der Waals surface area contributed by atoms with Crippen LogP contribution in [0.2, 0.25) is 0 Å². The van der Waals surface area contributed by atoms with Crippen LogP contribution in [0, 0.1) is 6.92 Å². The van der Waals surface area contributed by atoms with Crippen molar-refractivity contribution in [2.24, 2.45) is 5.84 Å². The van der Waals surface area contributed by atoms with Crippen LogP contribution >= 0.6 is 11.3 Å². The molecule has 0 atom stereocenters. The molecule has 1 aromatic heterocycles. The van der Waals surface area contributed by atoms with Crippen LogP contribution in [0.25, 0.3) is 10.6 Å². The molecule has 0 aliphatic rings. The van der Waals surface area contributed by atoms with E-state index in [1.165, 1.54) is 0 Å². The minimum Gasteiger partial charge on any atom is -0.494 e. The summed E-state index contributed by atoms with van der Waals surface area (Å²) in [4.78, 5) is 4.36. The van der Waals surface area contributed by atoms with Crippen LogP contribution in [0.15, 0.2) is 23.6 Å². The lowest BCUT2D eigenvalue weighted by Gasteiger charge is -2.07. The second-order valence-electron chi connectivity index (χ2n) is 3.60. The van der Waals surface area contributed by atoms with Crippen molar-refractivity contribution in [3.63, 3.8) is 0 Å². The molecule has 5 heteroatoms. The van der Waals surface area contributed by atoms with Gasteiger partial charge in [-0.25, -0.2) is 10.8 Å². The van der Waals surface area contributed by atoms with Gasteiger partial charge in [-0.3, -0.25) is 0 Å². The molecule has 0 aliphatic heterocycles. The summed E-state index contributed by atoms with van der Waals surface area (Å²) in [7, 11) is 0. The largest absolute Gasteiger partial charge is 0.494 e. The molecule has 0 unspecified atom stereocenters. The number of rotatable bonds is 4.